The summed E-state index contributed by atoms with van der Waals surface area (Å²) < 4.78 is 26.2. The van der Waals surface area contributed by atoms with Crippen molar-refractivity contribution in [2.75, 3.05) is 27.2 Å². The number of hydrogen-bond acceptors (Lipinski definition) is 4. The van der Waals surface area contributed by atoms with E-state index in [-0.39, 0.29) is 0 Å². The van der Waals surface area contributed by atoms with E-state index in [0.29, 0.717) is 22.8 Å². The topological polar surface area (TPSA) is 61.8 Å². The number of unbranched alkanes of at least 4 members (excludes halogenated alkanes) is 1. The molecule has 0 fully saturated rings. The van der Waals surface area contributed by atoms with Gasteiger partial charge in [0.2, 0.25) is 0 Å². The van der Waals surface area contributed by atoms with Gasteiger partial charge in [-0.05, 0) is 45.6 Å². The molecule has 1 aromatic carbocycles. The molecule has 1 aromatic rings. The fourth-order valence-electron chi connectivity index (χ4n) is 1.98. The number of sulfonamides is 1. The lowest BCUT2D eigenvalue weighted by Crippen LogP contribution is -2.22. The lowest BCUT2D eigenvalue weighted by atomic mass is 10.2. The van der Waals surface area contributed by atoms with E-state index in [9.17, 15) is 8.42 Å². The molecule has 0 atom stereocenters. The minimum absolute atomic E-state index is 0.321. The number of benzene rings is 1. The number of rotatable bonds is 5. The van der Waals surface area contributed by atoms with E-state index in [1.807, 2.05) is 20.2 Å². The van der Waals surface area contributed by atoms with Gasteiger partial charge in [0.25, 0.3) is 10.0 Å². The van der Waals surface area contributed by atoms with Crippen LogP contribution in [0.1, 0.15) is 18.4 Å². The van der Waals surface area contributed by atoms with Gasteiger partial charge < -0.3 is 4.90 Å². The molecule has 0 aliphatic carbocycles. The van der Waals surface area contributed by atoms with Crippen molar-refractivity contribution >= 4 is 15.9 Å². The second-order valence-corrected chi connectivity index (χ2v) is 6.49. The SMILES string of the molecule is CN(C)CCCCN=C1NS(=O)(=O)c2ccccc21. The minimum Gasteiger partial charge on any atom is -0.309 e. The minimum atomic E-state index is -3.40. The van der Waals surface area contributed by atoms with Gasteiger partial charge >= 0.3 is 0 Å². The molecule has 0 unspecified atom stereocenters. The molecule has 1 heterocycles. The third kappa shape index (κ3) is 3.33. The van der Waals surface area contributed by atoms with Crippen LogP contribution in [0.3, 0.4) is 0 Å². The number of amidine groups is 1. The van der Waals surface area contributed by atoms with Crippen molar-refractivity contribution < 1.29 is 8.42 Å². The van der Waals surface area contributed by atoms with Crippen LogP contribution in [-0.4, -0.2) is 46.3 Å². The Labute approximate surface area is 114 Å². The Hall–Kier alpha value is -1.40. The molecule has 1 N–H and O–H groups in total. The quantitative estimate of drug-likeness (QED) is 0.821. The molecule has 2 rings (SSSR count). The van der Waals surface area contributed by atoms with Crippen LogP contribution in [0.4, 0.5) is 0 Å². The van der Waals surface area contributed by atoms with Gasteiger partial charge in [0, 0.05) is 12.1 Å². The van der Waals surface area contributed by atoms with Crippen molar-refractivity contribution in [2.45, 2.75) is 17.7 Å². The molecule has 0 amide bonds. The third-order valence-corrected chi connectivity index (χ3v) is 4.34. The highest BCUT2D eigenvalue weighted by Crippen LogP contribution is 2.22. The normalized spacial score (nSPS) is 18.6. The molecule has 6 heteroatoms. The number of fused-ring (bicyclic) bond motifs is 1. The summed E-state index contributed by atoms with van der Waals surface area (Å²) in [5, 5.41) is 0. The fourth-order valence-corrected chi connectivity index (χ4v) is 3.23. The Balaban J connectivity index is 2.03. The summed E-state index contributed by atoms with van der Waals surface area (Å²) in [6.07, 6.45) is 2.00. The first kappa shape index (κ1) is 14.0. The van der Waals surface area contributed by atoms with Gasteiger partial charge in [-0.2, -0.15) is 0 Å². The van der Waals surface area contributed by atoms with Crippen molar-refractivity contribution in [3.63, 3.8) is 0 Å². The van der Waals surface area contributed by atoms with Crippen LogP contribution in [0.5, 0.6) is 0 Å². The monoisotopic (exact) mass is 281 g/mol. The zero-order valence-corrected chi connectivity index (χ0v) is 12.1. The summed E-state index contributed by atoms with van der Waals surface area (Å²) in [5.74, 6) is 0.473. The lowest BCUT2D eigenvalue weighted by Gasteiger charge is -2.07. The molecular weight excluding hydrogens is 262 g/mol. The zero-order chi connectivity index (χ0) is 13.9. The highest BCUT2D eigenvalue weighted by Gasteiger charge is 2.29. The van der Waals surface area contributed by atoms with Crippen molar-refractivity contribution in [3.05, 3.63) is 29.8 Å². The van der Waals surface area contributed by atoms with Crippen molar-refractivity contribution in [2.24, 2.45) is 4.99 Å². The van der Waals surface area contributed by atoms with Crippen LogP contribution >= 0.6 is 0 Å². The molecule has 0 radical (unpaired) electrons. The van der Waals surface area contributed by atoms with E-state index in [4.69, 9.17) is 0 Å². The lowest BCUT2D eigenvalue weighted by molar-refractivity contribution is 0.396. The highest BCUT2D eigenvalue weighted by molar-refractivity contribution is 7.90. The first-order valence-corrected chi connectivity index (χ1v) is 7.80. The second-order valence-electron chi connectivity index (χ2n) is 4.84. The first-order chi connectivity index (χ1) is 9.00. The average molecular weight is 281 g/mol. The molecule has 104 valence electrons. The molecule has 0 saturated carbocycles. The van der Waals surface area contributed by atoms with E-state index in [2.05, 4.69) is 14.6 Å². The number of aliphatic imine (C=N–C) groups is 1. The van der Waals surface area contributed by atoms with Gasteiger partial charge in [0.15, 0.2) is 0 Å². The number of nitrogens with one attached hydrogen (secondary N) is 1. The standard InChI is InChI=1S/C13H19N3O2S/c1-16(2)10-6-5-9-14-13-11-7-3-4-8-12(11)19(17,18)15-13/h3-4,7-8H,5-6,9-10H2,1-2H3,(H,14,15). The van der Waals surface area contributed by atoms with Gasteiger partial charge in [-0.15, -0.1) is 0 Å². The van der Waals surface area contributed by atoms with E-state index in [1.54, 1.807) is 18.2 Å². The average Bonchev–Trinajstić information content (AvgIpc) is 2.61. The summed E-state index contributed by atoms with van der Waals surface area (Å²) in [6, 6.07) is 6.93. The van der Waals surface area contributed by atoms with Gasteiger partial charge in [0.1, 0.15) is 5.84 Å². The Morgan fingerprint density at radius 2 is 1.95 bits per heavy atom. The molecule has 1 aliphatic rings. The largest absolute Gasteiger partial charge is 0.309 e. The van der Waals surface area contributed by atoms with E-state index in [1.165, 1.54) is 0 Å². The Bertz CT molecular complexity index is 579. The van der Waals surface area contributed by atoms with Crippen LogP contribution < -0.4 is 4.72 Å². The molecule has 0 aromatic heterocycles. The predicted molar refractivity (Wildman–Crippen MR) is 76.0 cm³/mol. The van der Waals surface area contributed by atoms with Crippen LogP contribution in [0, 0.1) is 0 Å². The van der Waals surface area contributed by atoms with Crippen molar-refractivity contribution in [1.29, 1.82) is 0 Å². The maximum atomic E-state index is 11.8. The maximum Gasteiger partial charge on any atom is 0.263 e. The highest BCUT2D eigenvalue weighted by atomic mass is 32.2. The van der Waals surface area contributed by atoms with Gasteiger partial charge in [-0.3, -0.25) is 9.71 Å². The second kappa shape index (κ2) is 5.71. The summed E-state index contributed by atoms with van der Waals surface area (Å²) in [4.78, 5) is 6.81. The van der Waals surface area contributed by atoms with Crippen molar-refractivity contribution in [1.82, 2.24) is 9.62 Å². The maximum absolute atomic E-state index is 11.8. The Kier molecular flexibility index (Phi) is 4.21. The fraction of sp³-hybridized carbons (Fsp3) is 0.462. The van der Waals surface area contributed by atoms with Gasteiger partial charge in [-0.25, -0.2) is 8.42 Å². The summed E-state index contributed by atoms with van der Waals surface area (Å²) in [7, 11) is 0.670. The third-order valence-electron chi connectivity index (χ3n) is 2.95. The van der Waals surface area contributed by atoms with Gasteiger partial charge in [-0.1, -0.05) is 12.1 Å². The summed E-state index contributed by atoms with van der Waals surface area (Å²) in [6.45, 7) is 1.66. The first-order valence-electron chi connectivity index (χ1n) is 6.32. The molecule has 5 nitrogen and oxygen atoms in total. The molecular formula is C13H19N3O2S. The van der Waals surface area contributed by atoms with Crippen LogP contribution in [-0.2, 0) is 10.0 Å². The predicted octanol–water partition coefficient (Wildman–Crippen LogP) is 1.07. The van der Waals surface area contributed by atoms with Gasteiger partial charge in [0.05, 0.1) is 4.90 Å². The van der Waals surface area contributed by atoms with E-state index in [0.717, 1.165) is 19.4 Å². The Morgan fingerprint density at radius 1 is 1.21 bits per heavy atom. The molecule has 0 saturated heterocycles. The van der Waals surface area contributed by atoms with Crippen molar-refractivity contribution in [3.8, 4) is 0 Å². The van der Waals surface area contributed by atoms with E-state index < -0.39 is 10.0 Å². The van der Waals surface area contributed by atoms with Crippen LogP contribution in [0.15, 0.2) is 34.2 Å². The Morgan fingerprint density at radius 3 is 2.68 bits per heavy atom. The zero-order valence-electron chi connectivity index (χ0n) is 11.3. The number of nitrogens with zero attached hydrogens (tertiary/aromatic N) is 2. The number of hydrogen-bond donors (Lipinski definition) is 1. The molecule has 0 spiro atoms. The van der Waals surface area contributed by atoms with Crippen LogP contribution in [0.25, 0.3) is 0 Å². The molecule has 1 aliphatic heterocycles. The van der Waals surface area contributed by atoms with Crippen LogP contribution in [0.2, 0.25) is 0 Å². The summed E-state index contributed by atoms with van der Waals surface area (Å²) in [5.41, 5.74) is 0.676. The van der Waals surface area contributed by atoms with E-state index >= 15 is 0 Å². The summed E-state index contributed by atoms with van der Waals surface area (Å²) >= 11 is 0. The smallest absolute Gasteiger partial charge is 0.263 e. The molecule has 19 heavy (non-hydrogen) atoms. The molecule has 0 bridgehead atoms.